The van der Waals surface area contributed by atoms with Crippen molar-refractivity contribution < 1.29 is 14.3 Å². The third-order valence-electron chi connectivity index (χ3n) is 3.18. The molecule has 0 saturated heterocycles. The molecule has 104 valence electrons. The molecule has 0 N–H and O–H groups in total. The van der Waals surface area contributed by atoms with E-state index in [0.717, 1.165) is 12.0 Å². The van der Waals surface area contributed by atoms with E-state index in [1.165, 1.54) is 0 Å². The lowest BCUT2D eigenvalue weighted by Crippen LogP contribution is -2.28. The molecular weight excluding hydrogens is 244 g/mol. The first-order valence-corrected chi connectivity index (χ1v) is 6.69. The Morgan fingerprint density at radius 1 is 1.37 bits per heavy atom. The summed E-state index contributed by atoms with van der Waals surface area (Å²) in [7, 11) is 0. The molecule has 0 bridgehead atoms. The molecule has 1 aromatic heterocycles. The van der Waals surface area contributed by atoms with Gasteiger partial charge in [-0.3, -0.25) is 9.48 Å². The minimum Gasteiger partial charge on any atom is -0.461 e. The molecule has 0 atom stereocenters. The minimum absolute atomic E-state index is 0.0687. The number of carbonyl (C=O) groups excluding carboxylic acids is 2. The zero-order valence-electron chi connectivity index (χ0n) is 11.9. The molecule has 0 fully saturated rings. The summed E-state index contributed by atoms with van der Waals surface area (Å²) in [4.78, 5) is 24.1. The van der Waals surface area contributed by atoms with Crippen LogP contribution in [0.2, 0.25) is 0 Å². The van der Waals surface area contributed by atoms with E-state index in [-0.39, 0.29) is 11.3 Å². The van der Waals surface area contributed by atoms with Crippen molar-refractivity contribution in [1.29, 1.82) is 0 Å². The van der Waals surface area contributed by atoms with Crippen LogP contribution in [0.15, 0.2) is 0 Å². The molecule has 5 heteroatoms. The van der Waals surface area contributed by atoms with Gasteiger partial charge in [0, 0.05) is 12.0 Å². The smallest absolute Gasteiger partial charge is 0.359 e. The van der Waals surface area contributed by atoms with Crippen LogP contribution in [-0.4, -0.2) is 28.1 Å². The van der Waals surface area contributed by atoms with Crippen LogP contribution < -0.4 is 0 Å². The molecule has 0 amide bonds. The summed E-state index contributed by atoms with van der Waals surface area (Å²) in [5, 5.41) is 4.35. The summed E-state index contributed by atoms with van der Waals surface area (Å²) in [6, 6.07) is 0. The van der Waals surface area contributed by atoms with Gasteiger partial charge < -0.3 is 4.74 Å². The number of aromatic nitrogens is 2. The highest BCUT2D eigenvalue weighted by atomic mass is 16.5. The molecule has 0 aromatic carbocycles. The number of ether oxygens (including phenoxy) is 1. The highest BCUT2D eigenvalue weighted by Gasteiger charge is 2.33. The topological polar surface area (TPSA) is 61.2 Å². The Kier molecular flexibility index (Phi) is 3.47. The standard InChI is InChI=1S/C14H20N2O3/c1-5-19-13(18)11-9-7-6-8-10(17)12(9)16(15-11)14(2,3)4/h5-8H2,1-4H3. The Hall–Kier alpha value is -1.65. The largest absolute Gasteiger partial charge is 0.461 e. The maximum absolute atomic E-state index is 12.1. The van der Waals surface area contributed by atoms with Gasteiger partial charge in [0.25, 0.3) is 0 Å². The maximum atomic E-state index is 12.1. The number of rotatable bonds is 2. The lowest BCUT2D eigenvalue weighted by Gasteiger charge is -2.23. The van der Waals surface area contributed by atoms with E-state index < -0.39 is 5.97 Å². The van der Waals surface area contributed by atoms with E-state index in [4.69, 9.17) is 4.74 Å². The van der Waals surface area contributed by atoms with Gasteiger partial charge in [-0.15, -0.1) is 0 Å². The quantitative estimate of drug-likeness (QED) is 0.769. The number of hydrogen-bond donors (Lipinski definition) is 0. The molecule has 1 aliphatic carbocycles. The molecule has 1 aromatic rings. The molecule has 1 aliphatic rings. The Labute approximate surface area is 112 Å². The van der Waals surface area contributed by atoms with Crippen LogP contribution in [0.4, 0.5) is 0 Å². The Morgan fingerprint density at radius 2 is 2.05 bits per heavy atom. The average molecular weight is 264 g/mol. The first-order valence-electron chi connectivity index (χ1n) is 6.69. The van der Waals surface area contributed by atoms with Crippen molar-refractivity contribution in [2.75, 3.05) is 6.61 Å². The summed E-state index contributed by atoms with van der Waals surface area (Å²) in [6.45, 7) is 7.98. The number of nitrogens with zero attached hydrogens (tertiary/aromatic N) is 2. The molecule has 5 nitrogen and oxygen atoms in total. The van der Waals surface area contributed by atoms with Crippen molar-refractivity contribution in [2.45, 2.75) is 52.5 Å². The second kappa shape index (κ2) is 4.79. The third-order valence-corrected chi connectivity index (χ3v) is 3.18. The van der Waals surface area contributed by atoms with Crippen LogP contribution in [0.3, 0.4) is 0 Å². The predicted octanol–water partition coefficient (Wildman–Crippen LogP) is 2.33. The summed E-state index contributed by atoms with van der Waals surface area (Å²) in [5.74, 6) is -0.365. The minimum atomic E-state index is -0.434. The highest BCUT2D eigenvalue weighted by molar-refractivity contribution is 6.00. The number of hydrogen-bond acceptors (Lipinski definition) is 4. The Bertz CT molecular complexity index is 524. The molecule has 0 saturated carbocycles. The fourth-order valence-electron chi connectivity index (χ4n) is 2.37. The highest BCUT2D eigenvalue weighted by Crippen LogP contribution is 2.29. The fourth-order valence-corrected chi connectivity index (χ4v) is 2.37. The molecule has 2 rings (SSSR count). The van der Waals surface area contributed by atoms with E-state index in [1.807, 2.05) is 20.8 Å². The van der Waals surface area contributed by atoms with Gasteiger partial charge in [0.15, 0.2) is 11.5 Å². The molecular formula is C14H20N2O3. The fraction of sp³-hybridized carbons (Fsp3) is 0.643. The molecule has 1 heterocycles. The predicted molar refractivity (Wildman–Crippen MR) is 70.4 cm³/mol. The van der Waals surface area contributed by atoms with Gasteiger partial charge in [-0.1, -0.05) is 0 Å². The van der Waals surface area contributed by atoms with Gasteiger partial charge in [-0.25, -0.2) is 4.79 Å². The van der Waals surface area contributed by atoms with E-state index in [1.54, 1.807) is 11.6 Å². The van der Waals surface area contributed by atoms with Crippen molar-refractivity contribution >= 4 is 11.8 Å². The summed E-state index contributed by atoms with van der Waals surface area (Å²) >= 11 is 0. The number of fused-ring (bicyclic) bond motifs is 1. The number of ketones is 1. The van der Waals surface area contributed by atoms with Gasteiger partial charge in [0.1, 0.15) is 5.69 Å². The van der Waals surface area contributed by atoms with Crippen LogP contribution in [0.1, 0.15) is 67.1 Å². The van der Waals surface area contributed by atoms with Crippen molar-refractivity contribution in [3.8, 4) is 0 Å². The SMILES string of the molecule is CCOC(=O)c1nn(C(C)(C)C)c2c1CCCC2=O. The van der Waals surface area contributed by atoms with E-state index in [0.29, 0.717) is 30.8 Å². The third kappa shape index (κ3) is 2.41. The number of carbonyl (C=O) groups is 2. The lowest BCUT2D eigenvalue weighted by molar-refractivity contribution is 0.0516. The van der Waals surface area contributed by atoms with Crippen LogP contribution in [0, 0.1) is 0 Å². The molecule has 0 radical (unpaired) electrons. The van der Waals surface area contributed by atoms with Crippen LogP contribution in [-0.2, 0) is 16.7 Å². The summed E-state index contributed by atoms with van der Waals surface area (Å²) in [5.41, 5.74) is 1.31. The Morgan fingerprint density at radius 3 is 2.63 bits per heavy atom. The lowest BCUT2D eigenvalue weighted by atomic mass is 9.93. The van der Waals surface area contributed by atoms with Crippen molar-refractivity contribution in [1.82, 2.24) is 9.78 Å². The zero-order valence-corrected chi connectivity index (χ0v) is 11.9. The maximum Gasteiger partial charge on any atom is 0.359 e. The van der Waals surface area contributed by atoms with Crippen molar-refractivity contribution in [2.24, 2.45) is 0 Å². The first kappa shape index (κ1) is 13.8. The van der Waals surface area contributed by atoms with Gasteiger partial charge >= 0.3 is 5.97 Å². The molecule has 0 unspecified atom stereocenters. The average Bonchev–Trinajstić information content (AvgIpc) is 2.70. The monoisotopic (exact) mass is 264 g/mol. The first-order chi connectivity index (χ1) is 8.86. The van der Waals surface area contributed by atoms with Gasteiger partial charge in [0.05, 0.1) is 12.1 Å². The Balaban J connectivity index is 2.58. The number of Topliss-reactive ketones (excluding diaryl/α,β-unsaturated/α-hetero) is 1. The van der Waals surface area contributed by atoms with Crippen molar-refractivity contribution in [3.05, 3.63) is 17.0 Å². The van der Waals surface area contributed by atoms with E-state index in [2.05, 4.69) is 5.10 Å². The number of esters is 1. The van der Waals surface area contributed by atoms with Crippen molar-refractivity contribution in [3.63, 3.8) is 0 Å². The van der Waals surface area contributed by atoms with Crippen LogP contribution in [0.5, 0.6) is 0 Å². The molecule has 19 heavy (non-hydrogen) atoms. The molecule has 0 spiro atoms. The zero-order chi connectivity index (χ0) is 14.2. The normalized spacial score (nSPS) is 15.3. The molecule has 0 aliphatic heterocycles. The second-order valence-electron chi connectivity index (χ2n) is 5.76. The van der Waals surface area contributed by atoms with Gasteiger partial charge in [-0.2, -0.15) is 5.10 Å². The van der Waals surface area contributed by atoms with E-state index in [9.17, 15) is 9.59 Å². The van der Waals surface area contributed by atoms with E-state index >= 15 is 0 Å². The van der Waals surface area contributed by atoms with Gasteiger partial charge in [-0.05, 0) is 40.5 Å². The van der Waals surface area contributed by atoms with Crippen LogP contribution in [0.25, 0.3) is 0 Å². The van der Waals surface area contributed by atoms with Gasteiger partial charge in [0.2, 0.25) is 0 Å². The van der Waals surface area contributed by atoms with Crippen LogP contribution >= 0.6 is 0 Å². The summed E-state index contributed by atoms with van der Waals surface area (Å²) < 4.78 is 6.71. The summed E-state index contributed by atoms with van der Waals surface area (Å²) in [6.07, 6.45) is 2.01. The second-order valence-corrected chi connectivity index (χ2v) is 5.76.